The molecule has 1 aliphatic heterocycles. The molecule has 10 heteroatoms. The summed E-state index contributed by atoms with van der Waals surface area (Å²) in [5.74, 6) is -2.21. The smallest absolute Gasteiger partial charge is 0.307 e. The van der Waals surface area contributed by atoms with E-state index in [-0.39, 0.29) is 16.3 Å². The van der Waals surface area contributed by atoms with E-state index in [1.165, 1.54) is 0 Å². The number of halogens is 2. The van der Waals surface area contributed by atoms with E-state index in [1.807, 2.05) is 0 Å². The number of Topliss-reactive ketones (excluding diaryl/α,β-unsaturated/α-hetero) is 1. The number of rotatable bonds is 1. The van der Waals surface area contributed by atoms with E-state index < -0.39 is 33.0 Å². The minimum atomic E-state index is -1.16. The molecule has 1 aliphatic rings. The van der Waals surface area contributed by atoms with Crippen LogP contribution in [0, 0.1) is 10.1 Å². The summed E-state index contributed by atoms with van der Waals surface area (Å²) < 4.78 is 0. The standard InChI is InChI=1S/C9H3Cl2N3O5/c10-2-1-3-4(5(11)7(2)14(18)19)6(13-17)8(15)9(16)12-3/h1,17H,(H,12,16). The molecule has 0 saturated heterocycles. The minimum absolute atomic E-state index is 0.0435. The van der Waals surface area contributed by atoms with Crippen LogP contribution in [0.25, 0.3) is 0 Å². The predicted octanol–water partition coefficient (Wildman–Crippen LogP) is 1.60. The summed E-state index contributed by atoms with van der Waals surface area (Å²) in [6.07, 6.45) is 0. The van der Waals surface area contributed by atoms with Gasteiger partial charge in [0.05, 0.1) is 16.2 Å². The second-order valence-corrected chi connectivity index (χ2v) is 4.22. The van der Waals surface area contributed by atoms with Crippen molar-refractivity contribution in [3.8, 4) is 0 Å². The van der Waals surface area contributed by atoms with Crippen LogP contribution in [-0.4, -0.2) is 27.5 Å². The van der Waals surface area contributed by atoms with Gasteiger partial charge in [-0.15, -0.1) is 0 Å². The lowest BCUT2D eigenvalue weighted by Crippen LogP contribution is -2.36. The van der Waals surface area contributed by atoms with Gasteiger partial charge in [-0.3, -0.25) is 19.7 Å². The first-order valence-corrected chi connectivity index (χ1v) is 5.38. The normalized spacial score (nSPS) is 16.2. The number of carbonyl (C=O) groups is 2. The Morgan fingerprint density at radius 1 is 1.37 bits per heavy atom. The number of nitrogens with one attached hydrogen (secondary N) is 1. The molecule has 0 fully saturated rings. The van der Waals surface area contributed by atoms with Crippen molar-refractivity contribution in [1.82, 2.24) is 0 Å². The number of oxime groups is 1. The van der Waals surface area contributed by atoms with E-state index in [2.05, 4.69) is 10.5 Å². The van der Waals surface area contributed by atoms with E-state index in [4.69, 9.17) is 28.4 Å². The summed E-state index contributed by atoms with van der Waals surface area (Å²) in [5, 5.41) is 23.6. The average Bonchev–Trinajstić information content (AvgIpc) is 2.31. The van der Waals surface area contributed by atoms with Gasteiger partial charge in [0, 0.05) is 0 Å². The highest BCUT2D eigenvalue weighted by atomic mass is 35.5. The van der Waals surface area contributed by atoms with Crippen LogP contribution in [0.3, 0.4) is 0 Å². The summed E-state index contributed by atoms with van der Waals surface area (Å²) in [7, 11) is 0. The Balaban J connectivity index is 2.84. The topological polar surface area (TPSA) is 122 Å². The van der Waals surface area contributed by atoms with Gasteiger partial charge in [0.25, 0.3) is 11.7 Å². The lowest BCUT2D eigenvalue weighted by molar-refractivity contribution is -0.384. The second-order valence-electron chi connectivity index (χ2n) is 3.43. The molecule has 0 unspecified atom stereocenters. The molecule has 2 N–H and O–H groups in total. The molecule has 0 aromatic heterocycles. The first-order valence-electron chi connectivity index (χ1n) is 4.63. The number of fused-ring (bicyclic) bond motifs is 1. The number of nitro groups is 1. The highest BCUT2D eigenvalue weighted by Crippen LogP contribution is 2.41. The number of nitro benzene ring substituents is 1. The number of anilines is 1. The molecule has 0 aliphatic carbocycles. The molecule has 8 nitrogen and oxygen atoms in total. The number of ketones is 1. The number of amides is 1. The Labute approximate surface area is 114 Å². The third kappa shape index (κ3) is 1.90. The maximum Gasteiger partial charge on any atom is 0.307 e. The minimum Gasteiger partial charge on any atom is -0.410 e. The largest absolute Gasteiger partial charge is 0.410 e. The zero-order chi connectivity index (χ0) is 14.3. The third-order valence-electron chi connectivity index (χ3n) is 2.38. The Morgan fingerprint density at radius 3 is 2.53 bits per heavy atom. The van der Waals surface area contributed by atoms with Crippen LogP contribution >= 0.6 is 23.2 Å². The van der Waals surface area contributed by atoms with Gasteiger partial charge in [0.1, 0.15) is 10.0 Å². The van der Waals surface area contributed by atoms with Crippen molar-refractivity contribution in [3.63, 3.8) is 0 Å². The summed E-state index contributed by atoms with van der Waals surface area (Å²) >= 11 is 11.5. The summed E-state index contributed by atoms with van der Waals surface area (Å²) in [5.41, 5.74) is -1.61. The Morgan fingerprint density at radius 2 is 2.00 bits per heavy atom. The summed E-state index contributed by atoms with van der Waals surface area (Å²) in [6, 6.07) is 1.05. The zero-order valence-electron chi connectivity index (χ0n) is 8.81. The van der Waals surface area contributed by atoms with Crippen molar-refractivity contribution in [2.75, 3.05) is 5.32 Å². The Bertz CT molecular complexity index is 670. The quantitative estimate of drug-likeness (QED) is 0.353. The van der Waals surface area contributed by atoms with Crippen LogP contribution in [0.2, 0.25) is 10.0 Å². The van der Waals surface area contributed by atoms with Crippen LogP contribution in [0.1, 0.15) is 5.56 Å². The van der Waals surface area contributed by atoms with Gasteiger partial charge in [-0.2, -0.15) is 0 Å². The predicted molar refractivity (Wildman–Crippen MR) is 65.1 cm³/mol. The molecule has 1 aromatic carbocycles. The number of nitrogens with zero attached hydrogens (tertiary/aromatic N) is 2. The molecule has 1 heterocycles. The lowest BCUT2D eigenvalue weighted by atomic mass is 9.99. The van der Waals surface area contributed by atoms with Gasteiger partial charge >= 0.3 is 5.69 Å². The Hall–Kier alpha value is -2.19. The number of carbonyl (C=O) groups excluding carboxylic acids is 2. The third-order valence-corrected chi connectivity index (χ3v) is 3.04. The second kappa shape index (κ2) is 4.48. The van der Waals surface area contributed by atoms with Crippen molar-refractivity contribution in [2.24, 2.45) is 5.16 Å². The highest BCUT2D eigenvalue weighted by Gasteiger charge is 2.37. The van der Waals surface area contributed by atoms with Crippen molar-refractivity contribution >= 4 is 52.0 Å². The molecule has 0 atom stereocenters. The molecule has 0 bridgehead atoms. The zero-order valence-corrected chi connectivity index (χ0v) is 10.3. The SMILES string of the molecule is O=C1Nc2cc(Cl)c([N+](=O)[O-])c(Cl)c2C(=NO)C1=O. The van der Waals surface area contributed by atoms with Crippen LogP contribution in [0.4, 0.5) is 11.4 Å². The molecule has 0 spiro atoms. The van der Waals surface area contributed by atoms with Crippen LogP contribution in [0.5, 0.6) is 0 Å². The van der Waals surface area contributed by atoms with Crippen LogP contribution < -0.4 is 5.32 Å². The number of hydrogen-bond donors (Lipinski definition) is 2. The van der Waals surface area contributed by atoms with Gasteiger partial charge in [0.15, 0.2) is 5.71 Å². The van der Waals surface area contributed by atoms with E-state index >= 15 is 0 Å². The molecule has 98 valence electrons. The lowest BCUT2D eigenvalue weighted by Gasteiger charge is -2.18. The molecule has 2 rings (SSSR count). The molecule has 1 amide bonds. The van der Waals surface area contributed by atoms with Crippen molar-refractivity contribution in [3.05, 3.63) is 31.8 Å². The fourth-order valence-electron chi connectivity index (χ4n) is 1.60. The van der Waals surface area contributed by atoms with Crippen molar-refractivity contribution in [2.45, 2.75) is 0 Å². The van der Waals surface area contributed by atoms with Crippen molar-refractivity contribution < 1.29 is 19.7 Å². The monoisotopic (exact) mass is 303 g/mol. The van der Waals surface area contributed by atoms with E-state index in [0.717, 1.165) is 6.07 Å². The molecule has 0 saturated carbocycles. The maximum absolute atomic E-state index is 11.5. The van der Waals surface area contributed by atoms with Crippen LogP contribution in [0.15, 0.2) is 11.2 Å². The fraction of sp³-hybridized carbons (Fsp3) is 0. The maximum atomic E-state index is 11.5. The molecule has 1 aromatic rings. The van der Waals surface area contributed by atoms with E-state index in [1.54, 1.807) is 0 Å². The van der Waals surface area contributed by atoms with E-state index in [9.17, 15) is 19.7 Å². The van der Waals surface area contributed by atoms with Gasteiger partial charge in [-0.25, -0.2) is 0 Å². The summed E-state index contributed by atoms with van der Waals surface area (Å²) in [4.78, 5) is 32.8. The first kappa shape index (κ1) is 13.2. The summed E-state index contributed by atoms with van der Waals surface area (Å²) in [6.45, 7) is 0. The van der Waals surface area contributed by atoms with Crippen molar-refractivity contribution in [1.29, 1.82) is 0 Å². The first-order chi connectivity index (χ1) is 8.88. The average molecular weight is 304 g/mol. The van der Waals surface area contributed by atoms with Gasteiger partial charge in [0.2, 0.25) is 0 Å². The molecule has 19 heavy (non-hydrogen) atoms. The number of benzene rings is 1. The van der Waals surface area contributed by atoms with E-state index in [0.29, 0.717) is 0 Å². The fourth-order valence-corrected chi connectivity index (χ4v) is 2.28. The molecule has 0 radical (unpaired) electrons. The van der Waals surface area contributed by atoms with Gasteiger partial charge in [-0.05, 0) is 6.07 Å². The van der Waals surface area contributed by atoms with Gasteiger partial charge < -0.3 is 10.5 Å². The van der Waals surface area contributed by atoms with Crippen LogP contribution in [-0.2, 0) is 9.59 Å². The molecular weight excluding hydrogens is 301 g/mol. The number of hydrogen-bond acceptors (Lipinski definition) is 6. The highest BCUT2D eigenvalue weighted by molar-refractivity contribution is 6.73. The Kier molecular flexibility index (Phi) is 3.13. The van der Waals surface area contributed by atoms with Gasteiger partial charge in [-0.1, -0.05) is 28.4 Å². The molecular formula is C9H3Cl2N3O5.